The van der Waals surface area contributed by atoms with Crippen molar-refractivity contribution >= 4 is 10.1 Å². The highest BCUT2D eigenvalue weighted by Gasteiger charge is 2.04. The van der Waals surface area contributed by atoms with Crippen LogP contribution < -0.4 is 0 Å². The third-order valence-electron chi connectivity index (χ3n) is 5.53. The molecule has 0 aliphatic heterocycles. The second-order valence-corrected chi connectivity index (χ2v) is 11.5. The van der Waals surface area contributed by atoms with Crippen LogP contribution in [0.3, 0.4) is 0 Å². The van der Waals surface area contributed by atoms with Crippen LogP contribution in [0.5, 0.6) is 0 Å². The Kier molecular flexibility index (Phi) is 19.5. The fourth-order valence-electron chi connectivity index (χ4n) is 3.61. The minimum Gasteiger partial charge on any atom is -0.748 e. The van der Waals surface area contributed by atoms with Crippen molar-refractivity contribution in [2.24, 2.45) is 0 Å². The van der Waals surface area contributed by atoms with Gasteiger partial charge >= 0.3 is 0 Å². The number of hydrogen-bond donors (Lipinski definition) is 0. The molecule has 0 radical (unpaired) electrons. The van der Waals surface area contributed by atoms with Gasteiger partial charge in [0.25, 0.3) is 0 Å². The number of hydrogen-bond acceptors (Lipinski definition) is 3. The van der Waals surface area contributed by atoms with Crippen LogP contribution in [0.15, 0.2) is 42.5 Å². The predicted octanol–water partition coefficient (Wildman–Crippen LogP) is 7.46. The van der Waals surface area contributed by atoms with Crippen LogP contribution >= 0.6 is 0 Å². The summed E-state index contributed by atoms with van der Waals surface area (Å²) in [5.41, 5.74) is 0.530. The lowest BCUT2D eigenvalue weighted by atomic mass is 10.1. The molecule has 0 saturated heterocycles. The van der Waals surface area contributed by atoms with E-state index in [4.69, 9.17) is 0 Å². The van der Waals surface area contributed by atoms with Gasteiger partial charge in [0.05, 0.1) is 43.6 Å². The highest BCUT2D eigenvalue weighted by molar-refractivity contribution is 7.84. The summed E-state index contributed by atoms with van der Waals surface area (Å²) in [5, 5.41) is 0. The molecule has 0 saturated carbocycles. The molecule has 0 fully saturated rings. The van der Waals surface area contributed by atoms with Crippen molar-refractivity contribution in [3.05, 3.63) is 48.0 Å². The van der Waals surface area contributed by atoms with E-state index in [1.807, 2.05) is 0 Å². The summed E-state index contributed by atoms with van der Waals surface area (Å²) in [7, 11) is 2.74. The van der Waals surface area contributed by atoms with Gasteiger partial charge in [-0.15, -0.1) is 0 Å². The second-order valence-electron chi connectivity index (χ2n) is 10.1. The van der Waals surface area contributed by atoms with Crippen LogP contribution in [0, 0.1) is 0 Å². The van der Waals surface area contributed by atoms with Gasteiger partial charge in [-0.3, -0.25) is 0 Å². The molecule has 0 heterocycles. The Balaban J connectivity index is 0.000000771. The molecule has 0 atom stereocenters. The molecule has 0 aliphatic rings. The van der Waals surface area contributed by atoms with E-state index in [1.54, 1.807) is 30.3 Å². The highest BCUT2D eigenvalue weighted by atomic mass is 32.2. The molecule has 0 bridgehead atoms. The summed E-state index contributed by atoms with van der Waals surface area (Å²) >= 11 is 0. The first-order valence-electron chi connectivity index (χ1n) is 13.1. The van der Waals surface area contributed by atoms with Gasteiger partial charge in [0, 0.05) is 0 Å². The minimum absolute atomic E-state index is 0.423. The standard InChI is InChI=1S/C21H44N.C7H8O3S/c1-5-6-7-8-9-10-11-12-13-14-15-16-17-18-19-20-21-22(2,3)4;8-11(9,10)6-7-4-2-1-3-5-7/h12-13H,5-11,14-21H2,1-4H3;1-5H,6H2,(H,8,9,10)/q+1;/p-1/b13-12-;. The van der Waals surface area contributed by atoms with E-state index in [0.717, 1.165) is 4.48 Å². The van der Waals surface area contributed by atoms with Gasteiger partial charge in [-0.25, -0.2) is 8.42 Å². The summed E-state index contributed by atoms with van der Waals surface area (Å²) in [4.78, 5) is 0. The molecule has 0 spiro atoms. The monoisotopic (exact) mass is 481 g/mol. The van der Waals surface area contributed by atoms with Crippen molar-refractivity contribution < 1.29 is 17.5 Å². The van der Waals surface area contributed by atoms with Gasteiger partial charge in [-0.1, -0.05) is 101 Å². The number of benzene rings is 1. The lowest BCUT2D eigenvalue weighted by Crippen LogP contribution is -2.35. The fourth-order valence-corrected chi connectivity index (χ4v) is 4.21. The largest absolute Gasteiger partial charge is 0.748 e. The number of allylic oxidation sites excluding steroid dienone is 2. The van der Waals surface area contributed by atoms with Crippen molar-refractivity contribution in [2.75, 3.05) is 27.7 Å². The number of quaternary nitrogens is 1. The quantitative estimate of drug-likeness (QED) is 0.0946. The molecule has 192 valence electrons. The van der Waals surface area contributed by atoms with Crippen LogP contribution in [0.4, 0.5) is 0 Å². The second kappa shape index (κ2) is 20.2. The molecule has 0 aliphatic carbocycles. The molecule has 4 nitrogen and oxygen atoms in total. The van der Waals surface area contributed by atoms with Crippen LogP contribution in [-0.2, 0) is 15.9 Å². The first kappa shape index (κ1) is 31.8. The third-order valence-corrected chi connectivity index (χ3v) is 6.21. The smallest absolute Gasteiger partial charge is 0.0988 e. The Labute approximate surface area is 205 Å². The number of unbranched alkanes of at least 4 members (excludes halogenated alkanes) is 12. The zero-order valence-electron chi connectivity index (χ0n) is 21.9. The molecule has 0 aromatic heterocycles. The van der Waals surface area contributed by atoms with Crippen molar-refractivity contribution in [1.29, 1.82) is 0 Å². The zero-order valence-corrected chi connectivity index (χ0v) is 22.8. The SMILES string of the molecule is CCCCCCCC/C=C\CCCCCCCC[N+](C)(C)C.O=S(=O)([O-])Cc1ccccc1. The zero-order chi connectivity index (χ0) is 24.8. The Morgan fingerprint density at radius 1 is 0.727 bits per heavy atom. The van der Waals surface area contributed by atoms with Crippen molar-refractivity contribution in [2.45, 2.75) is 103 Å². The van der Waals surface area contributed by atoms with Crippen LogP contribution in [0.25, 0.3) is 0 Å². The lowest BCUT2D eigenvalue weighted by molar-refractivity contribution is -0.870. The van der Waals surface area contributed by atoms with Crippen molar-refractivity contribution in [1.82, 2.24) is 0 Å². The Hall–Kier alpha value is -1.17. The topological polar surface area (TPSA) is 57.2 Å². The Morgan fingerprint density at radius 3 is 1.64 bits per heavy atom. The van der Waals surface area contributed by atoms with E-state index in [0.29, 0.717) is 5.56 Å². The summed E-state index contributed by atoms with van der Waals surface area (Å²) in [6, 6.07) is 8.37. The summed E-state index contributed by atoms with van der Waals surface area (Å²) in [6.07, 6.45) is 24.4. The highest BCUT2D eigenvalue weighted by Crippen LogP contribution is 2.10. The molecule has 1 aromatic carbocycles. The molecular formula is C28H51NO3S. The maximum atomic E-state index is 10.2. The first-order valence-corrected chi connectivity index (χ1v) is 14.6. The molecule has 33 heavy (non-hydrogen) atoms. The normalized spacial score (nSPS) is 12.0. The van der Waals surface area contributed by atoms with Crippen molar-refractivity contribution in [3.63, 3.8) is 0 Å². The lowest BCUT2D eigenvalue weighted by Gasteiger charge is -2.23. The van der Waals surface area contributed by atoms with Crippen LogP contribution in [-0.4, -0.2) is 45.1 Å². The molecule has 1 aromatic rings. The molecule has 0 N–H and O–H groups in total. The Bertz CT molecular complexity index is 679. The van der Waals surface area contributed by atoms with Gasteiger partial charge in [-0.2, -0.15) is 0 Å². The fraction of sp³-hybridized carbons (Fsp3) is 0.714. The van der Waals surface area contributed by atoms with E-state index in [1.165, 1.54) is 96.4 Å². The Morgan fingerprint density at radius 2 is 1.18 bits per heavy atom. The maximum absolute atomic E-state index is 10.2. The summed E-state index contributed by atoms with van der Waals surface area (Å²) < 4.78 is 31.8. The summed E-state index contributed by atoms with van der Waals surface area (Å²) in [6.45, 7) is 3.61. The van der Waals surface area contributed by atoms with E-state index in [9.17, 15) is 13.0 Å². The van der Waals surface area contributed by atoms with Crippen LogP contribution in [0.2, 0.25) is 0 Å². The van der Waals surface area contributed by atoms with E-state index < -0.39 is 15.9 Å². The molecular weight excluding hydrogens is 430 g/mol. The predicted molar refractivity (Wildman–Crippen MR) is 142 cm³/mol. The van der Waals surface area contributed by atoms with Gasteiger partial charge in [0.15, 0.2) is 0 Å². The molecule has 5 heteroatoms. The van der Waals surface area contributed by atoms with E-state index in [2.05, 4.69) is 40.2 Å². The van der Waals surface area contributed by atoms with Crippen LogP contribution in [0.1, 0.15) is 102 Å². The average Bonchev–Trinajstić information content (AvgIpc) is 2.73. The first-order chi connectivity index (χ1) is 15.6. The van der Waals surface area contributed by atoms with Gasteiger partial charge < -0.3 is 9.04 Å². The minimum atomic E-state index is -4.13. The van der Waals surface area contributed by atoms with Gasteiger partial charge in [0.2, 0.25) is 0 Å². The van der Waals surface area contributed by atoms with Gasteiger partial charge in [-0.05, 0) is 44.1 Å². The number of rotatable bonds is 18. The van der Waals surface area contributed by atoms with E-state index in [-0.39, 0.29) is 0 Å². The van der Waals surface area contributed by atoms with Gasteiger partial charge in [0.1, 0.15) is 0 Å². The third kappa shape index (κ3) is 27.0. The number of nitrogens with zero attached hydrogens (tertiary/aromatic N) is 1. The van der Waals surface area contributed by atoms with E-state index >= 15 is 0 Å². The molecule has 0 unspecified atom stereocenters. The molecule has 0 amide bonds. The van der Waals surface area contributed by atoms with Crippen molar-refractivity contribution in [3.8, 4) is 0 Å². The summed E-state index contributed by atoms with van der Waals surface area (Å²) in [5.74, 6) is -0.423. The average molecular weight is 482 g/mol. The molecule has 1 rings (SSSR count). The maximum Gasteiger partial charge on any atom is 0.0988 e.